The average molecular weight is 492 g/mol. The molecule has 0 saturated carbocycles. The van der Waals surface area contributed by atoms with Crippen LogP contribution in [0.1, 0.15) is 82.9 Å². The lowest BCUT2D eigenvalue weighted by Crippen LogP contribution is -2.53. The highest BCUT2D eigenvalue weighted by atomic mass is 19.4. The molecule has 0 N–H and O–H groups in total. The van der Waals surface area contributed by atoms with E-state index in [1.165, 1.54) is 6.07 Å². The van der Waals surface area contributed by atoms with E-state index in [0.29, 0.717) is 56.1 Å². The van der Waals surface area contributed by atoms with Gasteiger partial charge in [-0.2, -0.15) is 13.2 Å². The van der Waals surface area contributed by atoms with E-state index in [-0.39, 0.29) is 17.2 Å². The lowest BCUT2D eigenvalue weighted by molar-refractivity contribution is -0.152. The first-order valence-corrected chi connectivity index (χ1v) is 12.7. The van der Waals surface area contributed by atoms with Crippen LogP contribution in [0.15, 0.2) is 29.3 Å². The molecule has 2 aliphatic heterocycles. The van der Waals surface area contributed by atoms with Gasteiger partial charge in [0.25, 0.3) is 0 Å². The molecule has 7 heteroatoms. The molecule has 1 unspecified atom stereocenters. The Morgan fingerprint density at radius 3 is 2.20 bits per heavy atom. The van der Waals surface area contributed by atoms with Gasteiger partial charge >= 0.3 is 12.1 Å². The number of Topliss-reactive ketones (excluding diaryl/α,β-unsaturated/α-hetero) is 1. The van der Waals surface area contributed by atoms with Gasteiger partial charge in [0, 0.05) is 48.5 Å². The fourth-order valence-electron chi connectivity index (χ4n) is 6.02. The highest BCUT2D eigenvalue weighted by Gasteiger charge is 2.52. The molecule has 1 atom stereocenters. The second-order valence-corrected chi connectivity index (χ2v) is 11.4. The van der Waals surface area contributed by atoms with Crippen LogP contribution in [0, 0.1) is 5.92 Å². The first kappa shape index (κ1) is 25.9. The number of aryl methyl sites for hydroxylation is 2. The summed E-state index contributed by atoms with van der Waals surface area (Å²) in [4.78, 5) is 28.9. The molecular formula is C28H36F3NO3. The van der Waals surface area contributed by atoms with Gasteiger partial charge in [-0.15, -0.1) is 0 Å². The quantitative estimate of drug-likeness (QED) is 0.472. The molecule has 0 bridgehead atoms. The summed E-state index contributed by atoms with van der Waals surface area (Å²) >= 11 is 0. The third-order valence-corrected chi connectivity index (χ3v) is 8.09. The van der Waals surface area contributed by atoms with Crippen molar-refractivity contribution in [3.63, 3.8) is 0 Å². The Morgan fingerprint density at radius 1 is 1.03 bits per heavy atom. The van der Waals surface area contributed by atoms with Gasteiger partial charge in [-0.25, -0.2) is 4.79 Å². The molecule has 35 heavy (non-hydrogen) atoms. The van der Waals surface area contributed by atoms with E-state index >= 15 is 0 Å². The molecule has 1 fully saturated rings. The summed E-state index contributed by atoms with van der Waals surface area (Å²) in [6, 6.07) is 4.02. The van der Waals surface area contributed by atoms with Gasteiger partial charge in [-0.05, 0) is 89.5 Å². The van der Waals surface area contributed by atoms with E-state index < -0.39 is 23.3 Å². The fourth-order valence-corrected chi connectivity index (χ4v) is 6.02. The predicted octanol–water partition coefficient (Wildman–Crippen LogP) is 6.06. The fraction of sp³-hybridized carbons (Fsp3) is 0.643. The van der Waals surface area contributed by atoms with Crippen LogP contribution in [0.4, 0.5) is 13.2 Å². The molecule has 2 heterocycles. The van der Waals surface area contributed by atoms with Crippen LogP contribution < -0.4 is 0 Å². The number of piperidine rings is 1. The molecule has 0 amide bonds. The molecule has 1 saturated heterocycles. The summed E-state index contributed by atoms with van der Waals surface area (Å²) in [5, 5.41) is 0. The first-order valence-electron chi connectivity index (χ1n) is 12.7. The molecule has 1 aromatic rings. The maximum Gasteiger partial charge on any atom is 0.416 e. The summed E-state index contributed by atoms with van der Waals surface area (Å²) in [5.41, 5.74) is 1.19. The van der Waals surface area contributed by atoms with Crippen LogP contribution in [0.2, 0.25) is 0 Å². The van der Waals surface area contributed by atoms with Crippen molar-refractivity contribution >= 4 is 11.8 Å². The molecule has 1 aromatic carbocycles. The van der Waals surface area contributed by atoms with Gasteiger partial charge in [0.05, 0.1) is 5.56 Å². The van der Waals surface area contributed by atoms with Gasteiger partial charge in [-0.3, -0.25) is 9.69 Å². The maximum atomic E-state index is 13.9. The van der Waals surface area contributed by atoms with Crippen LogP contribution in [-0.4, -0.2) is 40.9 Å². The lowest BCUT2D eigenvalue weighted by Gasteiger charge is -2.45. The molecule has 0 aromatic heterocycles. The third-order valence-electron chi connectivity index (χ3n) is 8.09. The summed E-state index contributed by atoms with van der Waals surface area (Å²) in [6.07, 6.45) is 0.634. The van der Waals surface area contributed by atoms with Crippen molar-refractivity contribution in [2.24, 2.45) is 5.92 Å². The topological polar surface area (TPSA) is 46.6 Å². The summed E-state index contributed by atoms with van der Waals surface area (Å²) < 4.78 is 45.5. The van der Waals surface area contributed by atoms with Crippen LogP contribution in [0.5, 0.6) is 0 Å². The zero-order valence-electron chi connectivity index (χ0n) is 21.2. The van der Waals surface area contributed by atoms with Crippen molar-refractivity contribution in [2.45, 2.75) is 96.4 Å². The Kier molecular flexibility index (Phi) is 6.95. The Morgan fingerprint density at radius 2 is 1.63 bits per heavy atom. The van der Waals surface area contributed by atoms with Crippen molar-refractivity contribution in [2.75, 3.05) is 13.1 Å². The Bertz CT molecular complexity index is 1030. The van der Waals surface area contributed by atoms with E-state index in [2.05, 4.69) is 25.7 Å². The maximum absolute atomic E-state index is 13.9. The summed E-state index contributed by atoms with van der Waals surface area (Å²) in [6.45, 7) is 9.68. The Balaban J connectivity index is 1.52. The van der Waals surface area contributed by atoms with E-state index in [1.807, 2.05) is 0 Å². The summed E-state index contributed by atoms with van der Waals surface area (Å²) in [5.74, 6) is -0.643. The number of nitrogens with zero attached hydrogens (tertiary/aromatic N) is 1. The average Bonchev–Trinajstić information content (AvgIpc) is 3.06. The van der Waals surface area contributed by atoms with Gasteiger partial charge in [0.1, 0.15) is 5.60 Å². The monoisotopic (exact) mass is 491 g/mol. The van der Waals surface area contributed by atoms with E-state index in [0.717, 1.165) is 36.7 Å². The van der Waals surface area contributed by atoms with Gasteiger partial charge in [0.15, 0.2) is 5.78 Å². The van der Waals surface area contributed by atoms with Crippen LogP contribution in [0.3, 0.4) is 0 Å². The van der Waals surface area contributed by atoms with Crippen molar-refractivity contribution in [3.05, 3.63) is 46.0 Å². The number of ether oxygens (including phenoxy) is 1. The lowest BCUT2D eigenvalue weighted by atomic mass is 9.76. The number of likely N-dealkylation sites (tertiary alicyclic amines) is 1. The molecule has 1 aliphatic carbocycles. The molecule has 1 spiro atoms. The molecule has 4 rings (SSSR count). The molecule has 3 aliphatic rings. The number of carbonyl (C=O) groups excluding carboxylic acids is 2. The number of halogens is 3. The third kappa shape index (κ3) is 5.20. The zero-order valence-corrected chi connectivity index (χ0v) is 21.2. The number of hydrogen-bond donors (Lipinski definition) is 0. The standard InChI is InChI=1S/C28H36F3NO3/c1-18-23(27(35-25(18)34)13-15-32(16-14-27)26(2,3)4)24(33)20-8-5-7-19-11-12-22(28(29,30)31)17-21(19)10-6-9-20/h11-12,17,20H,5-10,13-16H2,1-4H3. The van der Waals surface area contributed by atoms with E-state index in [9.17, 15) is 22.8 Å². The van der Waals surface area contributed by atoms with Crippen LogP contribution in [0.25, 0.3) is 0 Å². The van der Waals surface area contributed by atoms with Gasteiger partial charge < -0.3 is 4.74 Å². The van der Waals surface area contributed by atoms with Crippen molar-refractivity contribution in [1.82, 2.24) is 4.90 Å². The Labute approximate surface area is 205 Å². The molecular weight excluding hydrogens is 455 g/mol. The zero-order chi connectivity index (χ0) is 25.6. The number of alkyl halides is 3. The molecule has 192 valence electrons. The van der Waals surface area contributed by atoms with Crippen molar-refractivity contribution in [3.8, 4) is 0 Å². The minimum absolute atomic E-state index is 0.000467. The van der Waals surface area contributed by atoms with Crippen molar-refractivity contribution in [1.29, 1.82) is 0 Å². The molecule has 0 radical (unpaired) electrons. The van der Waals surface area contributed by atoms with Gasteiger partial charge in [0.2, 0.25) is 0 Å². The number of carbonyl (C=O) groups is 2. The highest BCUT2D eigenvalue weighted by molar-refractivity contribution is 6.09. The minimum Gasteiger partial charge on any atom is -0.451 e. The smallest absolute Gasteiger partial charge is 0.416 e. The van der Waals surface area contributed by atoms with Crippen LogP contribution in [-0.2, 0) is 33.3 Å². The van der Waals surface area contributed by atoms with E-state index in [1.54, 1.807) is 13.0 Å². The second kappa shape index (κ2) is 9.38. The number of fused-ring (bicyclic) bond motifs is 1. The van der Waals surface area contributed by atoms with Gasteiger partial charge in [-0.1, -0.05) is 6.07 Å². The number of rotatable bonds is 2. The number of benzene rings is 1. The summed E-state index contributed by atoms with van der Waals surface area (Å²) in [7, 11) is 0. The van der Waals surface area contributed by atoms with E-state index in [4.69, 9.17) is 4.74 Å². The largest absolute Gasteiger partial charge is 0.451 e. The number of ketones is 1. The second-order valence-electron chi connectivity index (χ2n) is 11.4. The minimum atomic E-state index is -4.36. The number of esters is 1. The van der Waals surface area contributed by atoms with Crippen LogP contribution >= 0.6 is 0 Å². The predicted molar refractivity (Wildman–Crippen MR) is 128 cm³/mol. The Hall–Kier alpha value is -2.15. The number of hydrogen-bond acceptors (Lipinski definition) is 4. The normalized spacial score (nSPS) is 24.0. The molecule has 4 nitrogen and oxygen atoms in total. The highest BCUT2D eigenvalue weighted by Crippen LogP contribution is 2.44. The first-order chi connectivity index (χ1) is 16.3. The SMILES string of the molecule is CC1=C(C(=O)C2CCCc3ccc(C(F)(F)F)cc3CCC2)C2(CCN(C(C)(C)C)CC2)OC1=O. The van der Waals surface area contributed by atoms with Crippen molar-refractivity contribution < 1.29 is 27.5 Å².